The molecule has 0 rings (SSSR count). The van der Waals surface area contributed by atoms with Gasteiger partial charge in [0.1, 0.15) is 0 Å². The largest absolute Gasteiger partial charge is 0.430 e. The van der Waals surface area contributed by atoms with Crippen LogP contribution in [0, 0.1) is 0 Å². The van der Waals surface area contributed by atoms with Crippen molar-refractivity contribution in [3.05, 3.63) is 49.1 Å². The van der Waals surface area contributed by atoms with Gasteiger partial charge in [-0.2, -0.15) is 0 Å². The van der Waals surface area contributed by atoms with Gasteiger partial charge in [-0.05, 0) is 39.3 Å². The fourth-order valence-electron chi connectivity index (χ4n) is 2.03. The molecule has 0 saturated carbocycles. The predicted molar refractivity (Wildman–Crippen MR) is 102 cm³/mol. The van der Waals surface area contributed by atoms with Gasteiger partial charge in [-0.25, -0.2) is 0 Å². The Morgan fingerprint density at radius 3 is 0.952 bits per heavy atom. The highest BCUT2D eigenvalue weighted by atomic mass is 28.5. The van der Waals surface area contributed by atoms with Crippen LogP contribution in [0.15, 0.2) is 49.1 Å². The second-order valence-corrected chi connectivity index (χ2v) is 20.7. The minimum atomic E-state index is -2.33. The highest BCUT2D eigenvalue weighted by Crippen LogP contribution is 2.25. The molecule has 7 heteroatoms. The molecule has 0 aliphatic rings. The van der Waals surface area contributed by atoms with Gasteiger partial charge in [0.15, 0.2) is 0 Å². The fraction of sp³-hybridized carbons (Fsp3) is 0.429. The number of hydrogen-bond acceptors (Lipinski definition) is 3. The molecule has 120 valence electrons. The van der Waals surface area contributed by atoms with Gasteiger partial charge in [-0.3, -0.25) is 0 Å². The monoisotopic (exact) mass is 358 g/mol. The van der Waals surface area contributed by atoms with Crippen LogP contribution in [0.4, 0.5) is 0 Å². The number of hydrogen-bond donors (Lipinski definition) is 0. The van der Waals surface area contributed by atoms with Crippen molar-refractivity contribution in [1.82, 2.24) is 0 Å². The Bertz CT molecular complexity index is 364. The standard InChI is InChI=1S/C14H30O3Si4/c1-11-20(9,12-2)16-18(5,6)15-19(7,8)17-21(10,13-3)14-4/h11-14H,1-4H2,5-10H3. The Labute approximate surface area is 134 Å². The zero-order valence-corrected chi connectivity index (χ0v) is 18.4. The molecule has 21 heavy (non-hydrogen) atoms. The van der Waals surface area contributed by atoms with E-state index in [2.05, 4.69) is 39.4 Å². The molecule has 0 aromatic carbocycles. The van der Waals surface area contributed by atoms with E-state index in [0.29, 0.717) is 0 Å². The third-order valence-corrected chi connectivity index (χ3v) is 17.7. The van der Waals surface area contributed by atoms with E-state index in [-0.39, 0.29) is 0 Å². The summed E-state index contributed by atoms with van der Waals surface area (Å²) in [7, 11) is -8.87. The number of rotatable bonds is 10. The minimum Gasteiger partial charge on any atom is -0.430 e. The first-order valence-electron chi connectivity index (χ1n) is 7.01. The summed E-state index contributed by atoms with van der Waals surface area (Å²) in [5, 5.41) is 0. The third kappa shape index (κ3) is 7.00. The average molecular weight is 359 g/mol. The molecule has 0 atom stereocenters. The summed E-state index contributed by atoms with van der Waals surface area (Å²) in [5.41, 5.74) is 7.50. The first-order chi connectivity index (χ1) is 9.36. The van der Waals surface area contributed by atoms with E-state index < -0.39 is 33.8 Å². The van der Waals surface area contributed by atoms with Gasteiger partial charge in [0.2, 0.25) is 16.6 Å². The van der Waals surface area contributed by atoms with Crippen LogP contribution in [0.5, 0.6) is 0 Å². The van der Waals surface area contributed by atoms with Crippen LogP contribution in [-0.2, 0) is 12.3 Å². The van der Waals surface area contributed by atoms with E-state index >= 15 is 0 Å². The van der Waals surface area contributed by atoms with E-state index in [0.717, 1.165) is 0 Å². The van der Waals surface area contributed by atoms with E-state index in [1.54, 1.807) is 0 Å². The molecule has 0 amide bonds. The Morgan fingerprint density at radius 2 is 0.762 bits per heavy atom. The third-order valence-electron chi connectivity index (χ3n) is 3.04. The molecule has 0 aromatic rings. The zero-order chi connectivity index (χ0) is 16.9. The normalized spacial score (nSPS) is 13.6. The molecule has 0 radical (unpaired) electrons. The minimum absolute atomic E-state index is 1.87. The van der Waals surface area contributed by atoms with Gasteiger partial charge >= 0.3 is 17.1 Å². The van der Waals surface area contributed by atoms with Gasteiger partial charge in [-0.15, -0.1) is 26.3 Å². The summed E-state index contributed by atoms with van der Waals surface area (Å²) in [4.78, 5) is 0. The Balaban J connectivity index is 5.06. The Hall–Kier alpha value is -0.292. The molecular weight excluding hydrogens is 328 g/mol. The summed E-state index contributed by atoms with van der Waals surface area (Å²) in [6, 6.07) is 0. The second kappa shape index (κ2) is 7.31. The lowest BCUT2D eigenvalue weighted by Crippen LogP contribution is -2.56. The van der Waals surface area contributed by atoms with Crippen LogP contribution in [0.1, 0.15) is 0 Å². The Kier molecular flexibility index (Phi) is 7.21. The van der Waals surface area contributed by atoms with Crippen molar-refractivity contribution in [3.63, 3.8) is 0 Å². The highest BCUT2D eigenvalue weighted by Gasteiger charge is 2.43. The maximum atomic E-state index is 6.34. The molecule has 0 bridgehead atoms. The summed E-state index contributed by atoms with van der Waals surface area (Å²) in [6.07, 6.45) is 0. The van der Waals surface area contributed by atoms with Crippen LogP contribution in [0.2, 0.25) is 39.3 Å². The predicted octanol–water partition coefficient (Wildman–Crippen LogP) is 4.49. The molecule has 0 aliphatic heterocycles. The van der Waals surface area contributed by atoms with Crippen molar-refractivity contribution in [1.29, 1.82) is 0 Å². The van der Waals surface area contributed by atoms with Crippen LogP contribution < -0.4 is 0 Å². The van der Waals surface area contributed by atoms with Crippen molar-refractivity contribution >= 4 is 33.8 Å². The van der Waals surface area contributed by atoms with E-state index in [1.807, 2.05) is 49.0 Å². The zero-order valence-electron chi connectivity index (χ0n) is 14.4. The molecule has 0 spiro atoms. The highest BCUT2D eigenvalue weighted by molar-refractivity contribution is 6.94. The van der Waals surface area contributed by atoms with Crippen molar-refractivity contribution in [2.45, 2.75) is 39.3 Å². The van der Waals surface area contributed by atoms with E-state index in [4.69, 9.17) is 12.3 Å². The quantitative estimate of drug-likeness (QED) is 0.538. The van der Waals surface area contributed by atoms with Gasteiger partial charge < -0.3 is 12.3 Å². The molecule has 0 aliphatic carbocycles. The second-order valence-electron chi connectivity index (χ2n) is 6.29. The molecular formula is C14H30O3Si4. The summed E-state index contributed by atoms with van der Waals surface area (Å²) < 4.78 is 18.9. The molecule has 0 N–H and O–H groups in total. The van der Waals surface area contributed by atoms with Crippen molar-refractivity contribution in [2.75, 3.05) is 0 Å². The van der Waals surface area contributed by atoms with Crippen LogP contribution in [0.3, 0.4) is 0 Å². The molecule has 0 aromatic heterocycles. The van der Waals surface area contributed by atoms with E-state index in [1.165, 1.54) is 0 Å². The molecule has 0 unspecified atom stereocenters. The first kappa shape index (κ1) is 20.7. The van der Waals surface area contributed by atoms with Crippen LogP contribution in [0.25, 0.3) is 0 Å². The van der Waals surface area contributed by atoms with Gasteiger partial charge in [0, 0.05) is 0 Å². The van der Waals surface area contributed by atoms with Crippen LogP contribution >= 0.6 is 0 Å². The van der Waals surface area contributed by atoms with Gasteiger partial charge in [0.05, 0.1) is 0 Å². The smallest absolute Gasteiger partial charge is 0.313 e. The van der Waals surface area contributed by atoms with E-state index in [9.17, 15) is 0 Å². The maximum absolute atomic E-state index is 6.34. The topological polar surface area (TPSA) is 27.7 Å². The maximum Gasteiger partial charge on any atom is 0.313 e. The van der Waals surface area contributed by atoms with Crippen molar-refractivity contribution in [2.24, 2.45) is 0 Å². The average Bonchev–Trinajstić information content (AvgIpc) is 2.35. The summed E-state index contributed by atoms with van der Waals surface area (Å²) in [5.74, 6) is 0. The molecule has 3 nitrogen and oxygen atoms in total. The molecule has 0 heterocycles. The lowest BCUT2D eigenvalue weighted by Gasteiger charge is -2.39. The molecule has 0 fully saturated rings. The molecule has 0 saturated heterocycles. The summed E-state index contributed by atoms with van der Waals surface area (Å²) in [6.45, 7) is 27.8. The lowest BCUT2D eigenvalue weighted by atomic mass is 11.2. The summed E-state index contributed by atoms with van der Waals surface area (Å²) >= 11 is 0. The van der Waals surface area contributed by atoms with Gasteiger partial charge in [-0.1, -0.05) is 22.8 Å². The van der Waals surface area contributed by atoms with Crippen molar-refractivity contribution < 1.29 is 12.3 Å². The van der Waals surface area contributed by atoms with Crippen LogP contribution in [-0.4, -0.2) is 33.8 Å². The fourth-order valence-corrected chi connectivity index (χ4v) is 18.0. The van der Waals surface area contributed by atoms with Crippen molar-refractivity contribution in [3.8, 4) is 0 Å². The lowest BCUT2D eigenvalue weighted by molar-refractivity contribution is 0.335. The first-order valence-corrected chi connectivity index (χ1v) is 17.8. The van der Waals surface area contributed by atoms with Gasteiger partial charge in [0.25, 0.3) is 0 Å². The Morgan fingerprint density at radius 1 is 0.524 bits per heavy atom. The SMILES string of the molecule is C=C[Si](C)(C=C)O[Si](C)(C)O[Si](C)(C)O[Si](C)(C=C)C=C.